The minimum absolute atomic E-state index is 0.101. The first kappa shape index (κ1) is 19.2. The van der Waals surface area contributed by atoms with Crippen molar-refractivity contribution >= 4 is 11.7 Å². The zero-order valence-corrected chi connectivity index (χ0v) is 16.4. The van der Waals surface area contributed by atoms with Crippen molar-refractivity contribution in [3.8, 4) is 0 Å². The van der Waals surface area contributed by atoms with E-state index in [0.29, 0.717) is 13.1 Å². The van der Waals surface area contributed by atoms with Gasteiger partial charge in [-0.05, 0) is 41.7 Å². The number of hydrogen-bond donors (Lipinski definition) is 2. The fourth-order valence-corrected chi connectivity index (χ4v) is 3.41. The molecule has 0 unspecified atom stereocenters. The Morgan fingerprint density at radius 1 is 1.04 bits per heavy atom. The third-order valence-electron chi connectivity index (χ3n) is 5.05. The van der Waals surface area contributed by atoms with E-state index in [0.717, 1.165) is 43.7 Å². The summed E-state index contributed by atoms with van der Waals surface area (Å²) in [5, 5.41) is 5.88. The lowest BCUT2D eigenvalue weighted by Crippen LogP contribution is -2.37. The molecule has 0 saturated carbocycles. The zero-order valence-electron chi connectivity index (χ0n) is 16.4. The highest BCUT2D eigenvalue weighted by Gasteiger charge is 2.14. The first-order valence-electron chi connectivity index (χ1n) is 9.69. The first-order chi connectivity index (χ1) is 13.1. The van der Waals surface area contributed by atoms with Crippen molar-refractivity contribution in [2.75, 3.05) is 38.6 Å². The summed E-state index contributed by atoms with van der Waals surface area (Å²) in [6, 6.07) is 16.8. The molecule has 0 bridgehead atoms. The maximum atomic E-state index is 12.0. The molecular weight excluding hydrogens is 336 g/mol. The van der Waals surface area contributed by atoms with Crippen LogP contribution in [0.3, 0.4) is 0 Å². The Kier molecular flexibility index (Phi) is 6.71. The average Bonchev–Trinajstić information content (AvgIpc) is 2.70. The number of urea groups is 1. The fraction of sp³-hybridized carbons (Fsp3) is 0.409. The lowest BCUT2D eigenvalue weighted by atomic mass is 10.00. The number of nitrogens with one attached hydrogen (secondary N) is 2. The normalized spacial score (nSPS) is 13.7. The molecule has 0 fully saturated rings. The smallest absolute Gasteiger partial charge is 0.315 e. The summed E-state index contributed by atoms with van der Waals surface area (Å²) >= 11 is 0. The predicted molar refractivity (Wildman–Crippen MR) is 111 cm³/mol. The molecule has 2 aromatic carbocycles. The monoisotopic (exact) mass is 366 g/mol. The summed E-state index contributed by atoms with van der Waals surface area (Å²) in [7, 11) is 4.03. The zero-order chi connectivity index (χ0) is 19.1. The molecule has 0 atom stereocenters. The second-order valence-corrected chi connectivity index (χ2v) is 7.32. The van der Waals surface area contributed by atoms with Crippen molar-refractivity contribution < 1.29 is 4.79 Å². The van der Waals surface area contributed by atoms with E-state index in [1.807, 2.05) is 26.2 Å². The van der Waals surface area contributed by atoms with Crippen LogP contribution in [0.5, 0.6) is 0 Å². The van der Waals surface area contributed by atoms with Gasteiger partial charge in [-0.25, -0.2) is 4.79 Å². The molecule has 0 aromatic heterocycles. The predicted octanol–water partition coefficient (Wildman–Crippen LogP) is 3.00. The summed E-state index contributed by atoms with van der Waals surface area (Å²) in [5.74, 6) is 0. The number of rotatable bonds is 7. The SMILES string of the molecule is CN(C)c1ccc(CNC(=O)NCCCN2CCc3ccccc3C2)cc1. The topological polar surface area (TPSA) is 47.6 Å². The molecule has 5 nitrogen and oxygen atoms in total. The highest BCUT2D eigenvalue weighted by molar-refractivity contribution is 5.73. The number of carbonyl (C=O) groups excluding carboxylic acids is 1. The van der Waals surface area contributed by atoms with Gasteiger partial charge in [0.15, 0.2) is 0 Å². The first-order valence-corrected chi connectivity index (χ1v) is 9.69. The average molecular weight is 367 g/mol. The molecule has 0 saturated heterocycles. The third-order valence-corrected chi connectivity index (χ3v) is 5.05. The maximum absolute atomic E-state index is 12.0. The van der Waals surface area contributed by atoms with Crippen LogP contribution in [-0.2, 0) is 19.5 Å². The number of carbonyl (C=O) groups is 1. The van der Waals surface area contributed by atoms with E-state index < -0.39 is 0 Å². The molecule has 1 aliphatic heterocycles. The number of anilines is 1. The maximum Gasteiger partial charge on any atom is 0.315 e. The van der Waals surface area contributed by atoms with E-state index in [1.54, 1.807) is 0 Å². The van der Waals surface area contributed by atoms with Gasteiger partial charge in [-0.1, -0.05) is 36.4 Å². The van der Waals surface area contributed by atoms with Crippen molar-refractivity contribution in [3.05, 3.63) is 65.2 Å². The molecule has 2 amide bonds. The minimum atomic E-state index is -0.101. The second kappa shape index (κ2) is 9.42. The summed E-state index contributed by atoms with van der Waals surface area (Å²) in [4.78, 5) is 16.5. The highest BCUT2D eigenvalue weighted by atomic mass is 16.2. The molecule has 144 valence electrons. The van der Waals surface area contributed by atoms with Crippen LogP contribution in [0.15, 0.2) is 48.5 Å². The van der Waals surface area contributed by atoms with Crippen LogP contribution in [0.25, 0.3) is 0 Å². The Labute approximate surface area is 162 Å². The van der Waals surface area contributed by atoms with Crippen molar-refractivity contribution in [2.45, 2.75) is 25.9 Å². The van der Waals surface area contributed by atoms with Gasteiger partial charge in [-0.2, -0.15) is 0 Å². The van der Waals surface area contributed by atoms with Crippen LogP contribution in [0.2, 0.25) is 0 Å². The van der Waals surface area contributed by atoms with Gasteiger partial charge >= 0.3 is 6.03 Å². The summed E-state index contributed by atoms with van der Waals surface area (Å²) in [6.45, 7) is 4.38. The molecule has 1 heterocycles. The van der Waals surface area contributed by atoms with Gasteiger partial charge < -0.3 is 15.5 Å². The highest BCUT2D eigenvalue weighted by Crippen LogP contribution is 2.18. The van der Waals surface area contributed by atoms with Gasteiger partial charge in [-0.15, -0.1) is 0 Å². The van der Waals surface area contributed by atoms with Crippen LogP contribution < -0.4 is 15.5 Å². The molecule has 0 radical (unpaired) electrons. The molecular formula is C22H30N4O. The Balaban J connectivity index is 1.31. The standard InChI is InChI=1S/C22H30N4O/c1-25(2)21-10-8-18(9-11-21)16-24-22(27)23-13-5-14-26-15-12-19-6-3-4-7-20(19)17-26/h3-4,6-11H,5,12-17H2,1-2H3,(H2,23,24,27). The molecule has 3 rings (SSSR count). The van der Waals surface area contributed by atoms with Gasteiger partial charge in [0.2, 0.25) is 0 Å². The summed E-state index contributed by atoms with van der Waals surface area (Å²) < 4.78 is 0. The minimum Gasteiger partial charge on any atom is -0.378 e. The summed E-state index contributed by atoms with van der Waals surface area (Å²) in [6.07, 6.45) is 2.09. The van der Waals surface area contributed by atoms with E-state index in [-0.39, 0.29) is 6.03 Å². The van der Waals surface area contributed by atoms with Gasteiger partial charge in [-0.3, -0.25) is 4.90 Å². The van der Waals surface area contributed by atoms with Gasteiger partial charge in [0.1, 0.15) is 0 Å². The fourth-order valence-electron chi connectivity index (χ4n) is 3.41. The van der Waals surface area contributed by atoms with Crippen LogP contribution in [0, 0.1) is 0 Å². The van der Waals surface area contributed by atoms with Crippen LogP contribution in [0.1, 0.15) is 23.1 Å². The molecule has 2 aromatic rings. The van der Waals surface area contributed by atoms with Crippen molar-refractivity contribution in [2.24, 2.45) is 0 Å². The lowest BCUT2D eigenvalue weighted by Gasteiger charge is -2.28. The second-order valence-electron chi connectivity index (χ2n) is 7.32. The Bertz CT molecular complexity index is 742. The van der Waals surface area contributed by atoms with Crippen molar-refractivity contribution in [1.29, 1.82) is 0 Å². The van der Waals surface area contributed by atoms with E-state index >= 15 is 0 Å². The molecule has 27 heavy (non-hydrogen) atoms. The number of amides is 2. The molecule has 0 spiro atoms. The lowest BCUT2D eigenvalue weighted by molar-refractivity contribution is 0.234. The van der Waals surface area contributed by atoms with Crippen LogP contribution in [0.4, 0.5) is 10.5 Å². The van der Waals surface area contributed by atoms with Crippen molar-refractivity contribution in [1.82, 2.24) is 15.5 Å². The Morgan fingerprint density at radius 2 is 1.78 bits per heavy atom. The number of benzene rings is 2. The molecule has 1 aliphatic rings. The molecule has 2 N–H and O–H groups in total. The van der Waals surface area contributed by atoms with Crippen molar-refractivity contribution in [3.63, 3.8) is 0 Å². The third kappa shape index (κ3) is 5.73. The Hall–Kier alpha value is -2.53. The van der Waals surface area contributed by atoms with Gasteiger partial charge in [0.05, 0.1) is 0 Å². The van der Waals surface area contributed by atoms with E-state index in [2.05, 4.69) is 56.8 Å². The van der Waals surface area contributed by atoms with E-state index in [4.69, 9.17) is 0 Å². The van der Waals surface area contributed by atoms with E-state index in [1.165, 1.54) is 11.1 Å². The number of hydrogen-bond acceptors (Lipinski definition) is 3. The number of fused-ring (bicyclic) bond motifs is 1. The van der Waals surface area contributed by atoms with Crippen LogP contribution >= 0.6 is 0 Å². The summed E-state index contributed by atoms with van der Waals surface area (Å²) in [5.41, 5.74) is 5.17. The van der Waals surface area contributed by atoms with Gasteiger partial charge in [0.25, 0.3) is 0 Å². The quantitative estimate of drug-likeness (QED) is 0.741. The molecule has 5 heteroatoms. The number of nitrogens with zero attached hydrogens (tertiary/aromatic N) is 2. The van der Waals surface area contributed by atoms with E-state index in [9.17, 15) is 4.79 Å². The van der Waals surface area contributed by atoms with Gasteiger partial charge in [0, 0.05) is 52.5 Å². The van der Waals surface area contributed by atoms with Crippen LogP contribution in [-0.4, -0.2) is 44.7 Å². The largest absolute Gasteiger partial charge is 0.378 e. The molecule has 0 aliphatic carbocycles. The Morgan fingerprint density at radius 3 is 2.52 bits per heavy atom.